The van der Waals surface area contributed by atoms with Crippen LogP contribution in [-0.4, -0.2) is 19.6 Å². The van der Waals surface area contributed by atoms with Gasteiger partial charge in [0.2, 0.25) is 5.91 Å². The average Bonchev–Trinajstić information content (AvgIpc) is 2.59. The first-order valence-electron chi connectivity index (χ1n) is 7.58. The lowest BCUT2D eigenvalue weighted by Gasteiger charge is -2.10. The fourth-order valence-electron chi connectivity index (χ4n) is 2.00. The van der Waals surface area contributed by atoms with Crippen LogP contribution in [0.5, 0.6) is 11.5 Å². The fraction of sp³-hybridized carbons (Fsp3) is 0.211. The maximum atomic E-state index is 11.9. The highest BCUT2D eigenvalue weighted by molar-refractivity contribution is 6.01. The van der Waals surface area contributed by atoms with Crippen LogP contribution in [0.15, 0.2) is 54.6 Å². The zero-order chi connectivity index (χ0) is 16.5. The van der Waals surface area contributed by atoms with Gasteiger partial charge in [0.25, 0.3) is 0 Å². The SMILES string of the molecule is CCCOc1ccc(/C=C/C(=O)Nc2ccccc2)cc1OC. The Hall–Kier alpha value is -2.75. The number of rotatable bonds is 7. The van der Waals surface area contributed by atoms with Crippen molar-refractivity contribution in [1.82, 2.24) is 0 Å². The van der Waals surface area contributed by atoms with E-state index < -0.39 is 0 Å². The molecule has 0 spiro atoms. The van der Waals surface area contributed by atoms with Crippen molar-refractivity contribution >= 4 is 17.7 Å². The smallest absolute Gasteiger partial charge is 0.248 e. The number of nitrogens with one attached hydrogen (secondary N) is 1. The van der Waals surface area contributed by atoms with E-state index in [9.17, 15) is 4.79 Å². The number of carbonyl (C=O) groups excluding carboxylic acids is 1. The van der Waals surface area contributed by atoms with E-state index in [-0.39, 0.29) is 5.91 Å². The standard InChI is InChI=1S/C19H21NO3/c1-3-13-23-17-11-9-15(14-18(17)22-2)10-12-19(21)20-16-7-5-4-6-8-16/h4-12,14H,3,13H2,1-2H3,(H,20,21)/b12-10+. The molecule has 0 aliphatic heterocycles. The lowest BCUT2D eigenvalue weighted by Crippen LogP contribution is -2.07. The topological polar surface area (TPSA) is 47.6 Å². The predicted molar refractivity (Wildman–Crippen MR) is 92.9 cm³/mol. The summed E-state index contributed by atoms with van der Waals surface area (Å²) in [6.07, 6.45) is 4.17. The van der Waals surface area contributed by atoms with Crippen LogP contribution in [-0.2, 0) is 4.79 Å². The number of hydrogen-bond acceptors (Lipinski definition) is 3. The van der Waals surface area contributed by atoms with Crippen molar-refractivity contribution < 1.29 is 14.3 Å². The molecule has 0 atom stereocenters. The molecular formula is C19H21NO3. The van der Waals surface area contributed by atoms with Gasteiger partial charge in [-0.15, -0.1) is 0 Å². The summed E-state index contributed by atoms with van der Waals surface area (Å²) in [5.41, 5.74) is 1.64. The zero-order valence-corrected chi connectivity index (χ0v) is 13.4. The highest BCUT2D eigenvalue weighted by Gasteiger charge is 2.04. The first kappa shape index (κ1) is 16.6. The lowest BCUT2D eigenvalue weighted by atomic mass is 10.2. The van der Waals surface area contributed by atoms with Gasteiger partial charge in [-0.2, -0.15) is 0 Å². The van der Waals surface area contributed by atoms with E-state index in [4.69, 9.17) is 9.47 Å². The van der Waals surface area contributed by atoms with E-state index in [0.717, 1.165) is 17.7 Å². The maximum absolute atomic E-state index is 11.9. The van der Waals surface area contributed by atoms with Gasteiger partial charge in [-0.05, 0) is 42.3 Å². The number of carbonyl (C=O) groups is 1. The summed E-state index contributed by atoms with van der Waals surface area (Å²) in [7, 11) is 1.60. The van der Waals surface area contributed by atoms with Crippen molar-refractivity contribution in [3.63, 3.8) is 0 Å². The molecular weight excluding hydrogens is 290 g/mol. The van der Waals surface area contributed by atoms with Crippen LogP contribution in [0.25, 0.3) is 6.08 Å². The number of hydrogen-bond donors (Lipinski definition) is 1. The van der Waals surface area contributed by atoms with Crippen molar-refractivity contribution in [2.24, 2.45) is 0 Å². The van der Waals surface area contributed by atoms with Crippen LogP contribution >= 0.6 is 0 Å². The first-order chi connectivity index (χ1) is 11.2. The summed E-state index contributed by atoms with van der Waals surface area (Å²) in [6, 6.07) is 14.9. The molecule has 0 bridgehead atoms. The third-order valence-electron chi connectivity index (χ3n) is 3.12. The van der Waals surface area contributed by atoms with Gasteiger partial charge >= 0.3 is 0 Å². The molecule has 0 fully saturated rings. The molecule has 0 saturated heterocycles. The normalized spacial score (nSPS) is 10.5. The van der Waals surface area contributed by atoms with E-state index >= 15 is 0 Å². The minimum Gasteiger partial charge on any atom is -0.493 e. The lowest BCUT2D eigenvalue weighted by molar-refractivity contribution is -0.111. The number of ether oxygens (including phenoxy) is 2. The molecule has 23 heavy (non-hydrogen) atoms. The largest absolute Gasteiger partial charge is 0.493 e. The van der Waals surface area contributed by atoms with Gasteiger partial charge in [0, 0.05) is 11.8 Å². The summed E-state index contributed by atoms with van der Waals surface area (Å²) < 4.78 is 10.9. The van der Waals surface area contributed by atoms with Crippen molar-refractivity contribution in [2.45, 2.75) is 13.3 Å². The molecule has 0 aliphatic carbocycles. The van der Waals surface area contributed by atoms with E-state index in [2.05, 4.69) is 12.2 Å². The van der Waals surface area contributed by atoms with Gasteiger partial charge in [-0.3, -0.25) is 4.79 Å². The molecule has 0 unspecified atom stereocenters. The Balaban J connectivity index is 2.02. The summed E-state index contributed by atoms with van der Waals surface area (Å²) in [5.74, 6) is 1.19. The quantitative estimate of drug-likeness (QED) is 0.782. The van der Waals surface area contributed by atoms with Crippen LogP contribution < -0.4 is 14.8 Å². The highest BCUT2D eigenvalue weighted by Crippen LogP contribution is 2.28. The van der Waals surface area contributed by atoms with Gasteiger partial charge in [0.1, 0.15) is 0 Å². The van der Waals surface area contributed by atoms with Gasteiger partial charge in [-0.25, -0.2) is 0 Å². The average molecular weight is 311 g/mol. The monoisotopic (exact) mass is 311 g/mol. The van der Waals surface area contributed by atoms with Crippen molar-refractivity contribution in [3.05, 3.63) is 60.2 Å². The Morgan fingerprint density at radius 3 is 2.61 bits per heavy atom. The number of para-hydroxylation sites is 1. The molecule has 4 nitrogen and oxygen atoms in total. The summed E-state index contributed by atoms with van der Waals surface area (Å²) >= 11 is 0. The van der Waals surface area contributed by atoms with Gasteiger partial charge in [-0.1, -0.05) is 31.2 Å². The Labute approximate surface area is 136 Å². The molecule has 2 aromatic carbocycles. The minimum atomic E-state index is -0.179. The number of anilines is 1. The van der Waals surface area contributed by atoms with E-state index in [0.29, 0.717) is 18.1 Å². The molecule has 0 aromatic heterocycles. The summed E-state index contributed by atoms with van der Waals surface area (Å²) in [6.45, 7) is 2.69. The Kier molecular flexibility index (Phi) is 6.24. The maximum Gasteiger partial charge on any atom is 0.248 e. The number of amides is 1. The van der Waals surface area contributed by atoms with Crippen LogP contribution in [0, 0.1) is 0 Å². The molecule has 4 heteroatoms. The van der Waals surface area contributed by atoms with E-state index in [1.54, 1.807) is 13.2 Å². The van der Waals surface area contributed by atoms with Crippen LogP contribution in [0.1, 0.15) is 18.9 Å². The third-order valence-corrected chi connectivity index (χ3v) is 3.12. The molecule has 1 amide bonds. The van der Waals surface area contributed by atoms with E-state index in [1.807, 2.05) is 48.5 Å². The molecule has 0 radical (unpaired) electrons. The molecule has 1 N–H and O–H groups in total. The van der Waals surface area contributed by atoms with Crippen LogP contribution in [0.4, 0.5) is 5.69 Å². The minimum absolute atomic E-state index is 0.179. The summed E-state index contributed by atoms with van der Waals surface area (Å²) in [5, 5.41) is 2.80. The van der Waals surface area contributed by atoms with Crippen molar-refractivity contribution in [2.75, 3.05) is 19.0 Å². The third kappa shape index (κ3) is 5.18. The van der Waals surface area contributed by atoms with Gasteiger partial charge in [0.05, 0.1) is 13.7 Å². The summed E-state index contributed by atoms with van der Waals surface area (Å²) in [4.78, 5) is 11.9. The second-order valence-electron chi connectivity index (χ2n) is 4.95. The van der Waals surface area contributed by atoms with Crippen molar-refractivity contribution in [1.29, 1.82) is 0 Å². The van der Waals surface area contributed by atoms with Gasteiger partial charge < -0.3 is 14.8 Å². The van der Waals surface area contributed by atoms with E-state index in [1.165, 1.54) is 6.08 Å². The highest BCUT2D eigenvalue weighted by atomic mass is 16.5. The molecule has 2 aromatic rings. The molecule has 120 valence electrons. The Morgan fingerprint density at radius 1 is 1.13 bits per heavy atom. The molecule has 0 aliphatic rings. The second kappa shape index (κ2) is 8.63. The Bertz CT molecular complexity index is 666. The predicted octanol–water partition coefficient (Wildman–Crippen LogP) is 4.14. The Morgan fingerprint density at radius 2 is 1.91 bits per heavy atom. The fourth-order valence-corrected chi connectivity index (χ4v) is 2.00. The first-order valence-corrected chi connectivity index (χ1v) is 7.58. The number of benzene rings is 2. The second-order valence-corrected chi connectivity index (χ2v) is 4.95. The van der Waals surface area contributed by atoms with Crippen molar-refractivity contribution in [3.8, 4) is 11.5 Å². The molecule has 0 saturated carbocycles. The zero-order valence-electron chi connectivity index (χ0n) is 13.4. The van der Waals surface area contributed by atoms with Crippen LogP contribution in [0.3, 0.4) is 0 Å². The number of methoxy groups -OCH3 is 1. The van der Waals surface area contributed by atoms with Crippen LogP contribution in [0.2, 0.25) is 0 Å². The van der Waals surface area contributed by atoms with Gasteiger partial charge in [0.15, 0.2) is 11.5 Å². The molecule has 0 heterocycles. The molecule has 2 rings (SSSR count).